The third kappa shape index (κ3) is 4.07. The normalized spacial score (nSPS) is 14.8. The van der Waals surface area contributed by atoms with E-state index in [1.165, 1.54) is 0 Å². The molecule has 0 radical (unpaired) electrons. The topological polar surface area (TPSA) is 63.7 Å². The number of nitrogens with zero attached hydrogens (tertiary/aromatic N) is 2. The van der Waals surface area contributed by atoms with Gasteiger partial charge in [0.25, 0.3) is 5.91 Å². The second kappa shape index (κ2) is 8.08. The first-order valence-corrected chi connectivity index (χ1v) is 8.85. The first kappa shape index (κ1) is 18.0. The van der Waals surface area contributed by atoms with Crippen LogP contribution in [0.4, 0.5) is 11.4 Å². The summed E-state index contributed by atoms with van der Waals surface area (Å²) in [6.45, 7) is 3.85. The van der Waals surface area contributed by atoms with Crippen LogP contribution in [0.15, 0.2) is 36.5 Å². The highest BCUT2D eigenvalue weighted by Crippen LogP contribution is 2.31. The summed E-state index contributed by atoms with van der Waals surface area (Å²) in [5.74, 6) is 2.10. The van der Waals surface area contributed by atoms with Crippen molar-refractivity contribution in [3.05, 3.63) is 42.2 Å². The van der Waals surface area contributed by atoms with Gasteiger partial charge in [-0.25, -0.2) is 4.98 Å². The maximum absolute atomic E-state index is 12.6. The lowest BCUT2D eigenvalue weighted by Gasteiger charge is -2.30. The molecule has 2 aromatic rings. The monoisotopic (exact) mass is 355 g/mol. The van der Waals surface area contributed by atoms with E-state index in [-0.39, 0.29) is 5.91 Å². The number of hydrogen-bond donors (Lipinski definition) is 1. The van der Waals surface area contributed by atoms with Gasteiger partial charge in [0.2, 0.25) is 0 Å². The molecule has 26 heavy (non-hydrogen) atoms. The fraction of sp³-hybridized carbons (Fsp3) is 0.400. The minimum absolute atomic E-state index is 0.00507. The van der Waals surface area contributed by atoms with Crippen molar-refractivity contribution in [3.8, 4) is 11.5 Å². The maximum Gasteiger partial charge on any atom is 0.272 e. The fourth-order valence-electron chi connectivity index (χ4n) is 3.03. The van der Waals surface area contributed by atoms with Gasteiger partial charge < -0.3 is 19.7 Å². The Bertz CT molecular complexity index is 753. The standard InChI is InChI=1S/C20H25N3O3/c1-14-8-10-23(11-9-14)20(24)18-6-4-15(13-21-18)22-17-7-5-16(25-2)12-19(17)26-3/h4-7,12-14,22H,8-11H2,1-3H3. The summed E-state index contributed by atoms with van der Waals surface area (Å²) < 4.78 is 10.6. The van der Waals surface area contributed by atoms with Gasteiger partial charge in [0.1, 0.15) is 17.2 Å². The van der Waals surface area contributed by atoms with Crippen LogP contribution in [0.2, 0.25) is 0 Å². The molecule has 1 aliphatic rings. The first-order chi connectivity index (χ1) is 12.6. The molecule has 1 aromatic heterocycles. The second-order valence-corrected chi connectivity index (χ2v) is 6.60. The zero-order chi connectivity index (χ0) is 18.5. The van der Waals surface area contributed by atoms with Gasteiger partial charge in [-0.1, -0.05) is 6.92 Å². The molecule has 0 saturated carbocycles. The van der Waals surface area contributed by atoms with Gasteiger partial charge >= 0.3 is 0 Å². The number of aromatic nitrogens is 1. The van der Waals surface area contributed by atoms with Crippen LogP contribution < -0.4 is 14.8 Å². The summed E-state index contributed by atoms with van der Waals surface area (Å²) in [6, 6.07) is 9.17. The van der Waals surface area contributed by atoms with E-state index in [9.17, 15) is 4.79 Å². The van der Waals surface area contributed by atoms with Gasteiger partial charge in [0.15, 0.2) is 0 Å². The Morgan fingerprint density at radius 3 is 2.54 bits per heavy atom. The zero-order valence-electron chi connectivity index (χ0n) is 15.5. The third-order valence-electron chi connectivity index (χ3n) is 4.74. The Morgan fingerprint density at radius 2 is 1.92 bits per heavy atom. The molecule has 1 aromatic carbocycles. The first-order valence-electron chi connectivity index (χ1n) is 8.85. The lowest BCUT2D eigenvalue weighted by molar-refractivity contribution is 0.0691. The van der Waals surface area contributed by atoms with Crippen LogP contribution >= 0.6 is 0 Å². The number of ether oxygens (including phenoxy) is 2. The van der Waals surface area contributed by atoms with Crippen molar-refractivity contribution in [1.82, 2.24) is 9.88 Å². The molecule has 3 rings (SSSR count). The smallest absolute Gasteiger partial charge is 0.272 e. The number of pyridine rings is 1. The quantitative estimate of drug-likeness (QED) is 0.886. The average molecular weight is 355 g/mol. The minimum Gasteiger partial charge on any atom is -0.497 e. The summed E-state index contributed by atoms with van der Waals surface area (Å²) in [6.07, 6.45) is 3.79. The summed E-state index contributed by atoms with van der Waals surface area (Å²) in [4.78, 5) is 18.8. The minimum atomic E-state index is 0.00507. The van der Waals surface area contributed by atoms with Crippen molar-refractivity contribution in [1.29, 1.82) is 0 Å². The lowest BCUT2D eigenvalue weighted by atomic mass is 9.99. The highest BCUT2D eigenvalue weighted by molar-refractivity contribution is 5.92. The zero-order valence-corrected chi connectivity index (χ0v) is 15.5. The molecule has 0 unspecified atom stereocenters. The van der Waals surface area contributed by atoms with Gasteiger partial charge in [0, 0.05) is 19.2 Å². The summed E-state index contributed by atoms with van der Waals surface area (Å²) in [5, 5.41) is 3.26. The molecule has 2 heterocycles. The Balaban J connectivity index is 1.69. The molecule has 1 fully saturated rings. The number of piperidine rings is 1. The Labute approximate surface area is 154 Å². The second-order valence-electron chi connectivity index (χ2n) is 6.60. The van der Waals surface area contributed by atoms with Crippen molar-refractivity contribution in [3.63, 3.8) is 0 Å². The molecule has 1 saturated heterocycles. The highest BCUT2D eigenvalue weighted by atomic mass is 16.5. The van der Waals surface area contributed by atoms with E-state index in [0.29, 0.717) is 17.4 Å². The Morgan fingerprint density at radius 1 is 1.15 bits per heavy atom. The van der Waals surface area contributed by atoms with Crippen LogP contribution in [0.5, 0.6) is 11.5 Å². The number of benzene rings is 1. The van der Waals surface area contributed by atoms with Crippen LogP contribution in [-0.4, -0.2) is 43.1 Å². The van der Waals surface area contributed by atoms with Crippen molar-refractivity contribution in [2.45, 2.75) is 19.8 Å². The summed E-state index contributed by atoms with van der Waals surface area (Å²) in [5.41, 5.74) is 2.07. The number of anilines is 2. The van der Waals surface area contributed by atoms with Crippen molar-refractivity contribution in [2.24, 2.45) is 5.92 Å². The molecular weight excluding hydrogens is 330 g/mol. The number of carbonyl (C=O) groups is 1. The van der Waals surface area contributed by atoms with Crippen molar-refractivity contribution >= 4 is 17.3 Å². The number of nitrogens with one attached hydrogen (secondary N) is 1. The molecule has 1 aliphatic heterocycles. The van der Waals surface area contributed by atoms with Gasteiger partial charge in [-0.3, -0.25) is 4.79 Å². The van der Waals surface area contributed by atoms with E-state index >= 15 is 0 Å². The molecular formula is C20H25N3O3. The van der Waals surface area contributed by atoms with E-state index in [0.717, 1.165) is 43.1 Å². The third-order valence-corrected chi connectivity index (χ3v) is 4.74. The van der Waals surface area contributed by atoms with E-state index < -0.39 is 0 Å². The van der Waals surface area contributed by atoms with Gasteiger partial charge in [-0.05, 0) is 43.0 Å². The number of amides is 1. The van der Waals surface area contributed by atoms with E-state index in [2.05, 4.69) is 17.2 Å². The lowest BCUT2D eigenvalue weighted by Crippen LogP contribution is -2.38. The Kier molecular flexibility index (Phi) is 5.61. The SMILES string of the molecule is COc1ccc(Nc2ccc(C(=O)N3CCC(C)CC3)nc2)c(OC)c1. The molecule has 0 atom stereocenters. The van der Waals surface area contributed by atoms with E-state index in [4.69, 9.17) is 9.47 Å². The molecule has 1 N–H and O–H groups in total. The van der Waals surface area contributed by atoms with Crippen LogP contribution in [0.1, 0.15) is 30.3 Å². The van der Waals surface area contributed by atoms with E-state index in [1.807, 2.05) is 29.2 Å². The molecule has 0 aliphatic carbocycles. The number of carbonyl (C=O) groups excluding carboxylic acids is 1. The molecule has 0 spiro atoms. The summed E-state index contributed by atoms with van der Waals surface area (Å²) in [7, 11) is 3.23. The van der Waals surface area contributed by atoms with Crippen LogP contribution in [0.25, 0.3) is 0 Å². The molecule has 0 bridgehead atoms. The number of rotatable bonds is 5. The Hall–Kier alpha value is -2.76. The van der Waals surface area contributed by atoms with Gasteiger partial charge in [-0.15, -0.1) is 0 Å². The molecule has 138 valence electrons. The predicted molar refractivity (Wildman–Crippen MR) is 101 cm³/mol. The van der Waals surface area contributed by atoms with Crippen molar-refractivity contribution < 1.29 is 14.3 Å². The van der Waals surface area contributed by atoms with Crippen molar-refractivity contribution in [2.75, 3.05) is 32.6 Å². The fourth-order valence-corrected chi connectivity index (χ4v) is 3.03. The number of hydrogen-bond acceptors (Lipinski definition) is 5. The average Bonchev–Trinajstić information content (AvgIpc) is 2.69. The van der Waals surface area contributed by atoms with Crippen LogP contribution in [-0.2, 0) is 0 Å². The maximum atomic E-state index is 12.6. The van der Waals surface area contributed by atoms with E-state index in [1.54, 1.807) is 26.5 Å². The predicted octanol–water partition coefficient (Wildman–Crippen LogP) is 3.71. The summed E-state index contributed by atoms with van der Waals surface area (Å²) >= 11 is 0. The van der Waals surface area contributed by atoms with Crippen LogP contribution in [0.3, 0.4) is 0 Å². The number of methoxy groups -OCH3 is 2. The molecule has 6 nitrogen and oxygen atoms in total. The molecule has 6 heteroatoms. The van der Waals surface area contributed by atoms with Crippen LogP contribution in [0, 0.1) is 5.92 Å². The van der Waals surface area contributed by atoms with Gasteiger partial charge in [0.05, 0.1) is 31.8 Å². The number of likely N-dealkylation sites (tertiary alicyclic amines) is 1. The highest BCUT2D eigenvalue weighted by Gasteiger charge is 2.22. The molecule has 1 amide bonds. The van der Waals surface area contributed by atoms with Gasteiger partial charge in [-0.2, -0.15) is 0 Å². The largest absolute Gasteiger partial charge is 0.497 e.